The predicted octanol–water partition coefficient (Wildman–Crippen LogP) is 2.40. The van der Waals surface area contributed by atoms with Crippen molar-refractivity contribution in [3.63, 3.8) is 0 Å². The van der Waals surface area contributed by atoms with Gasteiger partial charge in [0.1, 0.15) is 11.3 Å². The standard InChI is InChI=1S/C14H22N2O2/c1-5-10(2)9-16(3)14(17)13-11(15)7-6-8-12(13)18-4/h6-8,10H,5,9,15H2,1-4H3. The van der Waals surface area contributed by atoms with Crippen LogP contribution in [0.15, 0.2) is 18.2 Å². The highest BCUT2D eigenvalue weighted by Crippen LogP contribution is 2.25. The smallest absolute Gasteiger partial charge is 0.259 e. The molecule has 0 fully saturated rings. The van der Waals surface area contributed by atoms with Crippen molar-refractivity contribution < 1.29 is 9.53 Å². The van der Waals surface area contributed by atoms with Crippen molar-refractivity contribution in [1.29, 1.82) is 0 Å². The Hall–Kier alpha value is -1.71. The van der Waals surface area contributed by atoms with E-state index in [2.05, 4.69) is 13.8 Å². The van der Waals surface area contributed by atoms with E-state index in [1.807, 2.05) is 0 Å². The summed E-state index contributed by atoms with van der Waals surface area (Å²) >= 11 is 0. The summed E-state index contributed by atoms with van der Waals surface area (Å²) in [5, 5.41) is 0. The summed E-state index contributed by atoms with van der Waals surface area (Å²) in [6.45, 7) is 4.95. The van der Waals surface area contributed by atoms with Gasteiger partial charge in [0.2, 0.25) is 0 Å². The summed E-state index contributed by atoms with van der Waals surface area (Å²) < 4.78 is 5.20. The van der Waals surface area contributed by atoms with Crippen LogP contribution in [0.5, 0.6) is 5.75 Å². The molecule has 4 nitrogen and oxygen atoms in total. The van der Waals surface area contributed by atoms with E-state index in [0.29, 0.717) is 29.5 Å². The molecule has 1 atom stereocenters. The quantitative estimate of drug-likeness (QED) is 0.816. The molecule has 1 aromatic rings. The van der Waals surface area contributed by atoms with Gasteiger partial charge in [-0.1, -0.05) is 26.3 Å². The first-order valence-corrected chi connectivity index (χ1v) is 6.19. The SMILES string of the molecule is CCC(C)CN(C)C(=O)c1c(N)cccc1OC. The van der Waals surface area contributed by atoms with Crippen LogP contribution in [-0.4, -0.2) is 31.5 Å². The lowest BCUT2D eigenvalue weighted by molar-refractivity contribution is 0.0772. The topological polar surface area (TPSA) is 55.6 Å². The van der Waals surface area contributed by atoms with Crippen LogP contribution in [0.4, 0.5) is 5.69 Å². The van der Waals surface area contributed by atoms with Crippen LogP contribution in [0.3, 0.4) is 0 Å². The molecule has 2 N–H and O–H groups in total. The molecule has 0 aliphatic heterocycles. The number of ether oxygens (including phenoxy) is 1. The molecule has 0 spiro atoms. The van der Waals surface area contributed by atoms with Crippen LogP contribution >= 0.6 is 0 Å². The van der Waals surface area contributed by atoms with E-state index < -0.39 is 0 Å². The summed E-state index contributed by atoms with van der Waals surface area (Å²) in [7, 11) is 3.33. The predicted molar refractivity (Wildman–Crippen MR) is 73.8 cm³/mol. The fraction of sp³-hybridized carbons (Fsp3) is 0.500. The van der Waals surface area contributed by atoms with Crippen LogP contribution < -0.4 is 10.5 Å². The molecular formula is C14H22N2O2. The normalized spacial score (nSPS) is 12.0. The van der Waals surface area contributed by atoms with Gasteiger partial charge in [-0.2, -0.15) is 0 Å². The van der Waals surface area contributed by atoms with Crippen LogP contribution in [0.2, 0.25) is 0 Å². The summed E-state index contributed by atoms with van der Waals surface area (Å²) in [4.78, 5) is 14.1. The molecule has 0 aromatic heterocycles. The minimum absolute atomic E-state index is 0.0924. The van der Waals surface area contributed by atoms with Gasteiger partial charge in [0.25, 0.3) is 5.91 Å². The molecule has 1 unspecified atom stereocenters. The monoisotopic (exact) mass is 250 g/mol. The molecule has 0 radical (unpaired) electrons. The number of rotatable bonds is 5. The van der Waals surface area contributed by atoms with Crippen molar-refractivity contribution in [2.24, 2.45) is 5.92 Å². The Morgan fingerprint density at radius 3 is 2.72 bits per heavy atom. The Balaban J connectivity index is 2.96. The Morgan fingerprint density at radius 1 is 1.50 bits per heavy atom. The zero-order chi connectivity index (χ0) is 13.7. The van der Waals surface area contributed by atoms with Gasteiger partial charge < -0.3 is 15.4 Å². The number of carbonyl (C=O) groups excluding carboxylic acids is 1. The van der Waals surface area contributed by atoms with Gasteiger partial charge in [0.05, 0.1) is 7.11 Å². The lowest BCUT2D eigenvalue weighted by Gasteiger charge is -2.22. The van der Waals surface area contributed by atoms with Crippen molar-refractivity contribution in [1.82, 2.24) is 4.90 Å². The van der Waals surface area contributed by atoms with Gasteiger partial charge in [-0.15, -0.1) is 0 Å². The first-order chi connectivity index (χ1) is 8.51. The summed E-state index contributed by atoms with van der Waals surface area (Å²) in [5.41, 5.74) is 6.78. The second-order valence-corrected chi connectivity index (χ2v) is 4.62. The Bertz CT molecular complexity index is 418. The van der Waals surface area contributed by atoms with E-state index in [4.69, 9.17) is 10.5 Å². The first-order valence-electron chi connectivity index (χ1n) is 6.19. The minimum Gasteiger partial charge on any atom is -0.496 e. The number of nitrogens with zero attached hydrogens (tertiary/aromatic N) is 1. The highest BCUT2D eigenvalue weighted by Gasteiger charge is 2.20. The highest BCUT2D eigenvalue weighted by molar-refractivity contribution is 6.01. The molecule has 100 valence electrons. The van der Waals surface area contributed by atoms with Crippen molar-refractivity contribution in [2.75, 3.05) is 26.4 Å². The molecule has 0 saturated carbocycles. The number of amides is 1. The van der Waals surface area contributed by atoms with Crippen molar-refractivity contribution >= 4 is 11.6 Å². The maximum Gasteiger partial charge on any atom is 0.259 e. The number of anilines is 1. The minimum atomic E-state index is -0.0924. The zero-order valence-electron chi connectivity index (χ0n) is 11.6. The van der Waals surface area contributed by atoms with E-state index in [1.54, 1.807) is 37.3 Å². The fourth-order valence-electron chi connectivity index (χ4n) is 1.82. The van der Waals surface area contributed by atoms with Crippen molar-refractivity contribution in [3.8, 4) is 5.75 Å². The van der Waals surface area contributed by atoms with Gasteiger partial charge in [0, 0.05) is 19.3 Å². The number of hydrogen-bond acceptors (Lipinski definition) is 3. The van der Waals surface area contributed by atoms with Crippen molar-refractivity contribution in [2.45, 2.75) is 20.3 Å². The van der Waals surface area contributed by atoms with E-state index in [1.165, 1.54) is 0 Å². The zero-order valence-corrected chi connectivity index (χ0v) is 11.6. The molecule has 0 saturated heterocycles. The van der Waals surface area contributed by atoms with Crippen LogP contribution in [0, 0.1) is 5.92 Å². The second-order valence-electron chi connectivity index (χ2n) is 4.62. The molecule has 1 aromatic carbocycles. The third kappa shape index (κ3) is 3.15. The number of methoxy groups -OCH3 is 1. The van der Waals surface area contributed by atoms with Crippen LogP contribution in [0.25, 0.3) is 0 Å². The number of nitrogen functional groups attached to an aromatic ring is 1. The number of hydrogen-bond donors (Lipinski definition) is 1. The molecule has 0 aliphatic carbocycles. The van der Waals surface area contributed by atoms with Crippen LogP contribution in [-0.2, 0) is 0 Å². The molecule has 0 heterocycles. The van der Waals surface area contributed by atoms with E-state index in [9.17, 15) is 4.79 Å². The molecule has 18 heavy (non-hydrogen) atoms. The van der Waals surface area contributed by atoms with E-state index in [-0.39, 0.29) is 5.91 Å². The third-order valence-electron chi connectivity index (χ3n) is 3.12. The van der Waals surface area contributed by atoms with Gasteiger partial charge in [-0.25, -0.2) is 0 Å². The summed E-state index contributed by atoms with van der Waals surface area (Å²) in [6, 6.07) is 5.24. The van der Waals surface area contributed by atoms with Crippen molar-refractivity contribution in [3.05, 3.63) is 23.8 Å². The Labute approximate surface area is 109 Å². The van der Waals surface area contributed by atoms with Crippen LogP contribution in [0.1, 0.15) is 30.6 Å². The fourth-order valence-corrected chi connectivity index (χ4v) is 1.82. The first kappa shape index (κ1) is 14.4. The lowest BCUT2D eigenvalue weighted by Crippen LogP contribution is -2.31. The average Bonchev–Trinajstić information content (AvgIpc) is 2.37. The lowest BCUT2D eigenvalue weighted by atomic mass is 10.1. The molecule has 0 bridgehead atoms. The van der Waals surface area contributed by atoms with E-state index in [0.717, 1.165) is 6.42 Å². The maximum absolute atomic E-state index is 12.4. The van der Waals surface area contributed by atoms with Gasteiger partial charge in [-0.3, -0.25) is 4.79 Å². The second kappa shape index (κ2) is 6.28. The van der Waals surface area contributed by atoms with E-state index >= 15 is 0 Å². The summed E-state index contributed by atoms with van der Waals surface area (Å²) in [6.07, 6.45) is 1.04. The van der Waals surface area contributed by atoms with Gasteiger partial charge in [-0.05, 0) is 18.1 Å². The van der Waals surface area contributed by atoms with Gasteiger partial charge >= 0.3 is 0 Å². The molecule has 1 rings (SSSR count). The maximum atomic E-state index is 12.4. The third-order valence-corrected chi connectivity index (χ3v) is 3.12. The summed E-state index contributed by atoms with van der Waals surface area (Å²) in [5.74, 6) is 0.899. The number of carbonyl (C=O) groups is 1. The highest BCUT2D eigenvalue weighted by atomic mass is 16.5. The molecule has 0 aliphatic rings. The number of nitrogens with two attached hydrogens (primary N) is 1. The molecule has 1 amide bonds. The number of benzene rings is 1. The largest absolute Gasteiger partial charge is 0.496 e. The molecular weight excluding hydrogens is 228 g/mol. The Morgan fingerprint density at radius 2 is 2.17 bits per heavy atom. The Kier molecular flexibility index (Phi) is 5.01. The average molecular weight is 250 g/mol. The van der Waals surface area contributed by atoms with Gasteiger partial charge in [0.15, 0.2) is 0 Å². The molecule has 4 heteroatoms.